The minimum absolute atomic E-state index is 0.234. The number of rotatable bonds is 4. The maximum Gasteiger partial charge on any atom is 0.324 e. The molecule has 1 unspecified atom stereocenters. The summed E-state index contributed by atoms with van der Waals surface area (Å²) in [7, 11) is 0. The number of fused-ring (bicyclic) bond motifs is 1. The van der Waals surface area contributed by atoms with Crippen molar-refractivity contribution in [1.82, 2.24) is 20.5 Å². The summed E-state index contributed by atoms with van der Waals surface area (Å²) in [6.07, 6.45) is 9.92. The highest BCUT2D eigenvalue weighted by atomic mass is 19.1. The minimum Gasteiger partial charge on any atom is -0.349 e. The molecule has 30 heavy (non-hydrogen) atoms. The first-order valence-electron chi connectivity index (χ1n) is 10.5. The van der Waals surface area contributed by atoms with E-state index in [2.05, 4.69) is 45.8 Å². The van der Waals surface area contributed by atoms with E-state index < -0.39 is 5.82 Å². The number of carbonyl (C=O) groups is 1. The number of nitrogens with zero attached hydrogens (tertiary/aromatic N) is 2. The lowest BCUT2D eigenvalue weighted by Gasteiger charge is -2.43. The Hall–Kier alpha value is -2.93. The number of anilines is 1. The van der Waals surface area contributed by atoms with Crippen LogP contribution < -0.4 is 16.0 Å². The molecule has 0 saturated carbocycles. The molecule has 2 amide bonds. The van der Waals surface area contributed by atoms with Crippen LogP contribution in [0.5, 0.6) is 0 Å². The zero-order valence-corrected chi connectivity index (χ0v) is 17.4. The standard InChI is InChI=1S/C23H28FN5O/c1-15(2)29-20(16-9-12-25-13-10-16)7-4-8-21(29)28-23(30)27-19-11-14-26-22-17(19)5-3-6-18(22)24/h3-8,11,14-16,20,25H,9-10,12-13H2,1-2H3,(H2,26,27,28,30). The maximum absolute atomic E-state index is 14.0. The molecule has 2 aliphatic heterocycles. The highest BCUT2D eigenvalue weighted by Crippen LogP contribution is 2.29. The molecule has 158 valence electrons. The van der Waals surface area contributed by atoms with Gasteiger partial charge in [-0.2, -0.15) is 0 Å². The molecule has 6 nitrogen and oxygen atoms in total. The van der Waals surface area contributed by atoms with Crippen molar-refractivity contribution in [2.24, 2.45) is 5.92 Å². The number of para-hydroxylation sites is 1. The van der Waals surface area contributed by atoms with Gasteiger partial charge in [0.05, 0.1) is 11.7 Å². The molecule has 0 spiro atoms. The molecule has 0 radical (unpaired) electrons. The van der Waals surface area contributed by atoms with Gasteiger partial charge in [0.15, 0.2) is 0 Å². The Kier molecular flexibility index (Phi) is 5.99. The van der Waals surface area contributed by atoms with Gasteiger partial charge in [-0.15, -0.1) is 0 Å². The van der Waals surface area contributed by atoms with Crippen molar-refractivity contribution < 1.29 is 9.18 Å². The van der Waals surface area contributed by atoms with Crippen LogP contribution in [0.1, 0.15) is 26.7 Å². The van der Waals surface area contributed by atoms with Crippen molar-refractivity contribution in [3.63, 3.8) is 0 Å². The van der Waals surface area contributed by atoms with Crippen LogP contribution in [-0.2, 0) is 0 Å². The number of urea groups is 1. The van der Waals surface area contributed by atoms with Crippen molar-refractivity contribution in [2.45, 2.75) is 38.8 Å². The van der Waals surface area contributed by atoms with Gasteiger partial charge >= 0.3 is 6.03 Å². The Morgan fingerprint density at radius 1 is 1.23 bits per heavy atom. The van der Waals surface area contributed by atoms with Gasteiger partial charge in [-0.25, -0.2) is 9.18 Å². The summed E-state index contributed by atoms with van der Waals surface area (Å²) < 4.78 is 14.0. The molecular formula is C23H28FN5O. The van der Waals surface area contributed by atoms with Crippen LogP contribution in [0.15, 0.2) is 54.5 Å². The lowest BCUT2D eigenvalue weighted by Crippen LogP contribution is -2.51. The predicted molar refractivity (Wildman–Crippen MR) is 117 cm³/mol. The van der Waals surface area contributed by atoms with E-state index in [4.69, 9.17) is 0 Å². The lowest BCUT2D eigenvalue weighted by atomic mass is 9.87. The Morgan fingerprint density at radius 2 is 2.03 bits per heavy atom. The average Bonchev–Trinajstić information content (AvgIpc) is 2.75. The Balaban J connectivity index is 1.51. The summed E-state index contributed by atoms with van der Waals surface area (Å²) in [4.78, 5) is 19.2. The smallest absolute Gasteiger partial charge is 0.324 e. The molecule has 1 fully saturated rings. The monoisotopic (exact) mass is 409 g/mol. The van der Waals surface area contributed by atoms with E-state index >= 15 is 0 Å². The molecule has 7 heteroatoms. The topological polar surface area (TPSA) is 69.3 Å². The van der Waals surface area contributed by atoms with Gasteiger partial charge in [0.1, 0.15) is 17.2 Å². The summed E-state index contributed by atoms with van der Waals surface area (Å²) >= 11 is 0. The molecule has 2 aromatic rings. The van der Waals surface area contributed by atoms with Crippen molar-refractivity contribution in [3.8, 4) is 0 Å². The van der Waals surface area contributed by atoms with Crippen molar-refractivity contribution in [2.75, 3.05) is 18.4 Å². The Bertz CT molecular complexity index is 981. The van der Waals surface area contributed by atoms with Gasteiger partial charge in [-0.1, -0.05) is 24.3 Å². The highest BCUT2D eigenvalue weighted by molar-refractivity contribution is 6.00. The highest BCUT2D eigenvalue weighted by Gasteiger charge is 2.31. The van der Waals surface area contributed by atoms with Crippen molar-refractivity contribution in [3.05, 3.63) is 60.3 Å². The molecule has 4 rings (SSSR count). The molecular weight excluding hydrogens is 381 g/mol. The second-order valence-corrected chi connectivity index (χ2v) is 8.09. The number of allylic oxidation sites excluding steroid dienone is 2. The minimum atomic E-state index is -0.410. The maximum atomic E-state index is 14.0. The van der Waals surface area contributed by atoms with E-state index in [1.165, 1.54) is 12.3 Å². The fourth-order valence-corrected chi connectivity index (χ4v) is 4.42. The van der Waals surface area contributed by atoms with Gasteiger partial charge < -0.3 is 15.5 Å². The average molecular weight is 410 g/mol. The van der Waals surface area contributed by atoms with Crippen LogP contribution in [0.25, 0.3) is 10.9 Å². The summed E-state index contributed by atoms with van der Waals surface area (Å²) in [6.45, 7) is 6.33. The van der Waals surface area contributed by atoms with Crippen molar-refractivity contribution in [1.29, 1.82) is 0 Å². The largest absolute Gasteiger partial charge is 0.349 e. The number of benzene rings is 1. The number of nitrogens with one attached hydrogen (secondary N) is 3. The van der Waals surface area contributed by atoms with Gasteiger partial charge in [-0.05, 0) is 63.9 Å². The van der Waals surface area contributed by atoms with Gasteiger partial charge in [0.2, 0.25) is 0 Å². The van der Waals surface area contributed by atoms with Crippen LogP contribution in [0, 0.1) is 11.7 Å². The molecule has 1 saturated heterocycles. The number of hydrogen-bond acceptors (Lipinski definition) is 4. The van der Waals surface area contributed by atoms with Crippen LogP contribution in [-0.4, -0.2) is 41.1 Å². The van der Waals surface area contributed by atoms with E-state index in [9.17, 15) is 9.18 Å². The number of piperidine rings is 1. The first-order chi connectivity index (χ1) is 14.5. The summed E-state index contributed by atoms with van der Waals surface area (Å²) in [5.74, 6) is 0.913. The first kappa shape index (κ1) is 20.3. The molecule has 2 aliphatic rings. The van der Waals surface area contributed by atoms with Crippen LogP contribution in [0.4, 0.5) is 14.9 Å². The van der Waals surface area contributed by atoms with Gasteiger partial charge in [0.25, 0.3) is 0 Å². The fourth-order valence-electron chi connectivity index (χ4n) is 4.42. The van der Waals surface area contributed by atoms with E-state index in [0.29, 0.717) is 17.0 Å². The zero-order chi connectivity index (χ0) is 21.1. The number of pyridine rings is 1. The van der Waals surface area contributed by atoms with Crippen LogP contribution in [0.3, 0.4) is 0 Å². The van der Waals surface area contributed by atoms with Gasteiger partial charge in [-0.3, -0.25) is 10.3 Å². The summed E-state index contributed by atoms with van der Waals surface area (Å²) in [5.41, 5.74) is 0.764. The molecule has 3 N–H and O–H groups in total. The van der Waals surface area contributed by atoms with E-state index in [-0.39, 0.29) is 23.6 Å². The normalized spacial score (nSPS) is 19.8. The van der Waals surface area contributed by atoms with Crippen LogP contribution >= 0.6 is 0 Å². The van der Waals surface area contributed by atoms with E-state index in [1.54, 1.807) is 18.2 Å². The van der Waals surface area contributed by atoms with Crippen LogP contribution in [0.2, 0.25) is 0 Å². The second kappa shape index (κ2) is 8.83. The second-order valence-electron chi connectivity index (χ2n) is 8.09. The quantitative estimate of drug-likeness (QED) is 0.714. The van der Waals surface area contributed by atoms with E-state index in [1.807, 2.05) is 12.2 Å². The molecule has 0 aliphatic carbocycles. The number of halogens is 1. The third-order valence-electron chi connectivity index (χ3n) is 5.80. The number of aromatic nitrogens is 1. The molecule has 3 heterocycles. The number of carbonyl (C=O) groups excluding carboxylic acids is 1. The Labute approximate surface area is 176 Å². The van der Waals surface area contributed by atoms with Gasteiger partial charge in [0, 0.05) is 17.6 Å². The first-order valence-corrected chi connectivity index (χ1v) is 10.5. The third-order valence-corrected chi connectivity index (χ3v) is 5.80. The lowest BCUT2D eigenvalue weighted by molar-refractivity contribution is 0.149. The van der Waals surface area contributed by atoms with Crippen molar-refractivity contribution >= 4 is 22.6 Å². The molecule has 1 aromatic carbocycles. The SMILES string of the molecule is CC(C)N1C(NC(=O)Nc2ccnc3c(F)cccc23)=CC=CC1C1CCNCC1. The van der Waals surface area contributed by atoms with E-state index in [0.717, 1.165) is 31.8 Å². The number of amides is 2. The summed E-state index contributed by atoms with van der Waals surface area (Å²) in [5, 5.41) is 9.84. The fraction of sp³-hybridized carbons (Fsp3) is 0.391. The predicted octanol–water partition coefficient (Wildman–Crippen LogP) is 3.99. The molecule has 1 atom stereocenters. The number of hydrogen-bond donors (Lipinski definition) is 3. The zero-order valence-electron chi connectivity index (χ0n) is 17.4. The molecule has 0 bridgehead atoms. The third kappa shape index (κ3) is 4.16. The Morgan fingerprint density at radius 3 is 2.80 bits per heavy atom. The summed E-state index contributed by atoms with van der Waals surface area (Å²) in [6, 6.07) is 6.52. The molecule has 1 aromatic heterocycles.